The summed E-state index contributed by atoms with van der Waals surface area (Å²) in [7, 11) is 0. The zero-order valence-corrected chi connectivity index (χ0v) is 69.3. The van der Waals surface area contributed by atoms with E-state index in [0.29, 0.717) is 41.2 Å². The summed E-state index contributed by atoms with van der Waals surface area (Å²) >= 11 is 13.8. The molecule has 16 heteroatoms. The highest BCUT2D eigenvalue weighted by molar-refractivity contribution is 14.1. The number of aromatic hydroxyl groups is 1. The second-order valence-electron chi connectivity index (χ2n) is 25.5. The van der Waals surface area contributed by atoms with Crippen LogP contribution < -0.4 is 5.73 Å². The molecule has 10 nitrogen and oxygen atoms in total. The fourth-order valence-corrected chi connectivity index (χ4v) is 12.1. The van der Waals surface area contributed by atoms with Gasteiger partial charge in [-0.1, -0.05) is 130 Å². The lowest BCUT2D eigenvalue weighted by molar-refractivity contribution is -0.119. The highest BCUT2D eigenvalue weighted by atomic mass is 127. The van der Waals surface area contributed by atoms with E-state index in [0.717, 1.165) is 28.5 Å². The predicted molar refractivity (Wildman–Crippen MR) is 434 cm³/mol. The van der Waals surface area contributed by atoms with Gasteiger partial charge in [-0.25, -0.2) is 0 Å². The van der Waals surface area contributed by atoms with Crippen molar-refractivity contribution in [2.45, 2.75) is 139 Å². The number of carbonyl (C=O) groups is 3. The maximum absolute atomic E-state index is 12.6. The standard InChI is InChI=1S/C24H22INO3.C16H20INO.C16H18INO.C11H15IO.C6H4I2.C5H10O/c1-15(2)24(3,16-8-10-17(25)11-9-16)21-13-12-18(29-21)14-26-22(27)19-6-4-5-7-20(19)23(26)28;1-11(2)16(3,12-4-6-13(17)7-5-12)15-9-8-14(10-18)19-15;1-11(2)16(3,12-4-6-13(17)7-5-12)15-9-8-14(19)10-18-15;1-8(2)11(3,13)9-4-6-10(12)7-5-9;7-5-1-2-6(8)4-3-5;1-4(2)5(3)6/h4-13,15H,14H2,1-3H3;4-9,11H,10,18H2,1-3H3;4-11,19H,1-3H3;4-8,13H,1-3H3;1-4H;4H,1-3H3. The minimum atomic E-state index is -0.718. The van der Waals surface area contributed by atoms with Crippen molar-refractivity contribution in [1.29, 1.82) is 0 Å². The predicted octanol–water partition coefficient (Wildman–Crippen LogP) is 21.6. The number of aliphatic hydroxyl groups is 1. The molecule has 0 radical (unpaired) electrons. The van der Waals surface area contributed by atoms with Crippen LogP contribution >= 0.6 is 136 Å². The van der Waals surface area contributed by atoms with Crippen LogP contribution in [0.25, 0.3) is 0 Å². The van der Waals surface area contributed by atoms with Crippen LogP contribution in [0.1, 0.15) is 176 Å². The smallest absolute Gasteiger partial charge is 0.261 e. The van der Waals surface area contributed by atoms with Crippen LogP contribution in [-0.2, 0) is 39.7 Å². The van der Waals surface area contributed by atoms with Gasteiger partial charge in [0, 0.05) is 32.8 Å². The number of nitrogens with two attached hydrogens (primary N) is 1. The van der Waals surface area contributed by atoms with Gasteiger partial charge in [-0.05, 0) is 337 Å². The van der Waals surface area contributed by atoms with E-state index in [9.17, 15) is 24.6 Å². The Morgan fingerprint density at radius 2 is 0.787 bits per heavy atom. The number of hydrogen-bond acceptors (Lipinski definition) is 9. The summed E-state index contributed by atoms with van der Waals surface area (Å²) in [4.78, 5) is 41.1. The van der Waals surface area contributed by atoms with Crippen molar-refractivity contribution in [3.05, 3.63) is 272 Å². The number of halogens is 6. The topological polar surface area (TPSA) is 160 Å². The zero-order valence-electron chi connectivity index (χ0n) is 56.4. The maximum Gasteiger partial charge on any atom is 0.261 e. The third-order valence-corrected chi connectivity index (χ3v) is 22.3. The molecule has 3 aromatic heterocycles. The molecule has 0 aliphatic carbocycles. The van der Waals surface area contributed by atoms with Gasteiger partial charge >= 0.3 is 0 Å². The first kappa shape index (κ1) is 80.6. The Labute approximate surface area is 640 Å². The van der Waals surface area contributed by atoms with Crippen LogP contribution in [-0.4, -0.2) is 37.7 Å². The van der Waals surface area contributed by atoms with Crippen molar-refractivity contribution in [3.63, 3.8) is 0 Å². The first-order chi connectivity index (χ1) is 44.1. The highest BCUT2D eigenvalue weighted by Gasteiger charge is 2.40. The number of furan rings is 2. The van der Waals surface area contributed by atoms with Crippen LogP contribution in [0.5, 0.6) is 5.75 Å². The number of pyridine rings is 1. The van der Waals surface area contributed by atoms with Crippen molar-refractivity contribution in [3.8, 4) is 5.75 Å². The van der Waals surface area contributed by atoms with E-state index in [1.54, 1.807) is 37.3 Å². The molecule has 0 bridgehead atoms. The third-order valence-electron chi connectivity index (χ3n) is 18.0. The second kappa shape index (κ2) is 36.7. The normalized spacial score (nSPS) is 14.3. The van der Waals surface area contributed by atoms with E-state index in [1.165, 1.54) is 49.2 Å². The summed E-state index contributed by atoms with van der Waals surface area (Å²) in [6, 6.07) is 60.5. The average Bonchev–Trinajstić information content (AvgIpc) is 1.31. The van der Waals surface area contributed by atoms with Crippen molar-refractivity contribution >= 4 is 153 Å². The molecule has 2 amide bonds. The molecular formula is C78H89I6N3O7. The fourth-order valence-electron chi connectivity index (χ4n) is 9.98. The number of nitrogens with zero attached hydrogens (tertiary/aromatic N) is 2. The molecule has 4 heterocycles. The van der Waals surface area contributed by atoms with Gasteiger partial charge in [0.15, 0.2) is 0 Å². The minimum absolute atomic E-state index is 0.127. The molecule has 4 unspecified atom stereocenters. The lowest BCUT2D eigenvalue weighted by Gasteiger charge is -2.34. The summed E-state index contributed by atoms with van der Waals surface area (Å²) in [6.07, 6.45) is 1.52. The van der Waals surface area contributed by atoms with Gasteiger partial charge in [-0.3, -0.25) is 24.3 Å². The van der Waals surface area contributed by atoms with Gasteiger partial charge in [-0.15, -0.1) is 0 Å². The van der Waals surface area contributed by atoms with Crippen LogP contribution in [0.2, 0.25) is 0 Å². The average molecular weight is 1940 g/mol. The molecule has 94 heavy (non-hydrogen) atoms. The van der Waals surface area contributed by atoms with Gasteiger partial charge < -0.3 is 24.8 Å². The number of benzene rings is 6. The number of carbonyl (C=O) groups excluding carboxylic acids is 3. The first-order valence-electron chi connectivity index (χ1n) is 31.3. The van der Waals surface area contributed by atoms with Crippen LogP contribution in [0.3, 0.4) is 0 Å². The zero-order chi connectivity index (χ0) is 70.0. The Hall–Kier alpha value is -4.06. The monoisotopic (exact) mass is 1940 g/mol. The summed E-state index contributed by atoms with van der Waals surface area (Å²) in [5.41, 5.74) is 10.9. The van der Waals surface area contributed by atoms with Gasteiger partial charge in [0.25, 0.3) is 11.8 Å². The van der Waals surface area contributed by atoms with E-state index in [2.05, 4.69) is 306 Å². The lowest BCUT2D eigenvalue weighted by atomic mass is 9.71. The molecule has 0 saturated heterocycles. The molecule has 6 aromatic carbocycles. The molecule has 10 rings (SSSR count). The van der Waals surface area contributed by atoms with Crippen molar-refractivity contribution in [1.82, 2.24) is 9.88 Å². The number of Topliss-reactive ketones (excluding diaryl/α,β-unsaturated/α-hetero) is 1. The molecule has 0 spiro atoms. The number of ketones is 1. The van der Waals surface area contributed by atoms with Crippen molar-refractivity contribution in [2.75, 3.05) is 0 Å². The molecule has 500 valence electrons. The third kappa shape index (κ3) is 21.2. The van der Waals surface area contributed by atoms with E-state index in [4.69, 9.17) is 14.6 Å². The molecule has 0 saturated carbocycles. The number of amides is 2. The largest absolute Gasteiger partial charge is 0.506 e. The molecule has 1 aliphatic rings. The Morgan fingerprint density at radius 3 is 1.09 bits per heavy atom. The van der Waals surface area contributed by atoms with Gasteiger partial charge in [-0.2, -0.15) is 0 Å². The summed E-state index contributed by atoms with van der Waals surface area (Å²) in [5, 5.41) is 19.6. The van der Waals surface area contributed by atoms with Gasteiger partial charge in [0.1, 0.15) is 34.6 Å². The molecule has 4 N–H and O–H groups in total. The van der Waals surface area contributed by atoms with Crippen LogP contribution in [0.4, 0.5) is 0 Å². The fraction of sp³-hybridized carbons (Fsp3) is 0.333. The SMILES string of the molecule is CC(=O)C(C)C.CC(C)C(C)(O)c1ccc(I)cc1.CC(C)C(C)(c1ccc(I)cc1)c1ccc(CN)o1.CC(C)C(C)(c1ccc(I)cc1)c1ccc(CN2C(=O)c3ccccc3C2=O)o1.CC(C)C(C)(c1ccc(I)cc1)c1ccc(O)cn1.Ic1ccc(I)cc1. The van der Waals surface area contributed by atoms with Gasteiger partial charge in [0.2, 0.25) is 0 Å². The van der Waals surface area contributed by atoms with E-state index < -0.39 is 5.60 Å². The number of fused-ring (bicyclic) bond motifs is 1. The minimum Gasteiger partial charge on any atom is -0.506 e. The van der Waals surface area contributed by atoms with Crippen LogP contribution in [0.15, 0.2) is 197 Å². The molecular weight excluding hydrogens is 1850 g/mol. The Bertz CT molecular complexity index is 3740. The maximum atomic E-state index is 12.6. The Kier molecular flexibility index (Phi) is 31.5. The molecule has 4 atom stereocenters. The van der Waals surface area contributed by atoms with Crippen LogP contribution in [0, 0.1) is 51.0 Å². The lowest BCUT2D eigenvalue weighted by Crippen LogP contribution is -2.31. The van der Waals surface area contributed by atoms with E-state index in [1.807, 2.05) is 83.1 Å². The summed E-state index contributed by atoms with van der Waals surface area (Å²) in [6.45, 7) is 31.7. The number of rotatable bonds is 15. The highest BCUT2D eigenvalue weighted by Crippen LogP contribution is 2.43. The Balaban J connectivity index is 0.000000218. The summed E-state index contributed by atoms with van der Waals surface area (Å²) in [5.74, 6) is 4.77. The molecule has 0 fully saturated rings. The number of imide groups is 1. The molecule has 1 aliphatic heterocycles. The number of aromatic nitrogens is 1. The summed E-state index contributed by atoms with van der Waals surface area (Å²) < 4.78 is 19.6. The van der Waals surface area contributed by atoms with Crippen molar-refractivity contribution < 1.29 is 33.4 Å². The molecule has 9 aromatic rings. The van der Waals surface area contributed by atoms with E-state index >= 15 is 0 Å². The Morgan fingerprint density at radius 1 is 0.468 bits per heavy atom. The first-order valence-corrected chi connectivity index (χ1v) is 37.8. The second-order valence-corrected chi connectivity index (χ2v) is 33.0. The van der Waals surface area contributed by atoms with E-state index in [-0.39, 0.29) is 58.0 Å². The number of hydrogen-bond donors (Lipinski definition) is 3. The van der Waals surface area contributed by atoms with Gasteiger partial charge in [0.05, 0.1) is 52.5 Å². The quantitative estimate of drug-likeness (QED) is 0.0670. The van der Waals surface area contributed by atoms with Crippen molar-refractivity contribution in [2.24, 2.45) is 35.3 Å².